The molecule has 0 amide bonds. The van der Waals surface area contributed by atoms with Crippen molar-refractivity contribution in [3.63, 3.8) is 0 Å². The molecule has 0 unspecified atom stereocenters. The van der Waals surface area contributed by atoms with E-state index in [1.54, 1.807) is 0 Å². The van der Waals surface area contributed by atoms with E-state index in [2.05, 4.69) is 29.7 Å². The van der Waals surface area contributed by atoms with E-state index >= 15 is 0 Å². The van der Waals surface area contributed by atoms with E-state index in [1.807, 2.05) is 18.2 Å². The summed E-state index contributed by atoms with van der Waals surface area (Å²) in [5, 5.41) is 6.98. The van der Waals surface area contributed by atoms with Gasteiger partial charge in [-0.15, -0.1) is 0 Å². The Hall–Kier alpha value is -1.39. The van der Waals surface area contributed by atoms with Gasteiger partial charge in [0.2, 0.25) is 0 Å². The molecular formula is C18H26N2O2. The van der Waals surface area contributed by atoms with E-state index in [-0.39, 0.29) is 12.0 Å². The Morgan fingerprint density at radius 2 is 1.86 bits per heavy atom. The van der Waals surface area contributed by atoms with E-state index in [4.69, 9.17) is 4.74 Å². The third-order valence-electron chi connectivity index (χ3n) is 5.39. The molecule has 1 aromatic carbocycles. The lowest BCUT2D eigenvalue weighted by Crippen LogP contribution is -2.67. The van der Waals surface area contributed by atoms with E-state index in [1.165, 1.54) is 12.7 Å². The minimum atomic E-state index is -0.513. The Kier molecular flexibility index (Phi) is 4.24. The van der Waals surface area contributed by atoms with Crippen LogP contribution in [0.5, 0.6) is 0 Å². The average molecular weight is 302 g/mol. The molecule has 120 valence electrons. The van der Waals surface area contributed by atoms with E-state index < -0.39 is 5.54 Å². The second-order valence-corrected chi connectivity index (χ2v) is 6.95. The molecule has 2 fully saturated rings. The molecule has 1 saturated heterocycles. The van der Waals surface area contributed by atoms with Gasteiger partial charge in [-0.25, -0.2) is 0 Å². The van der Waals surface area contributed by atoms with Crippen LogP contribution in [-0.2, 0) is 9.53 Å². The molecule has 1 aliphatic carbocycles. The normalized spacial score (nSPS) is 23.5. The Balaban J connectivity index is 1.73. The zero-order chi connectivity index (χ0) is 15.6. The summed E-state index contributed by atoms with van der Waals surface area (Å²) in [4.78, 5) is 12.4. The molecule has 4 heteroatoms. The molecule has 1 saturated carbocycles. The maximum atomic E-state index is 12.4. The van der Waals surface area contributed by atoms with Crippen LogP contribution in [0.25, 0.3) is 0 Å². The van der Waals surface area contributed by atoms with Crippen molar-refractivity contribution in [1.29, 1.82) is 0 Å². The molecule has 1 spiro atoms. The summed E-state index contributed by atoms with van der Waals surface area (Å²) in [5.41, 5.74) is 1.02. The molecule has 4 nitrogen and oxygen atoms in total. The fraction of sp³-hybridized carbons (Fsp3) is 0.611. The van der Waals surface area contributed by atoms with Crippen LogP contribution >= 0.6 is 0 Å². The monoisotopic (exact) mass is 302 g/mol. The lowest BCUT2D eigenvalue weighted by atomic mass is 9.53. The van der Waals surface area contributed by atoms with Gasteiger partial charge in [-0.3, -0.25) is 10.1 Å². The molecule has 0 aromatic heterocycles. The third-order valence-corrected chi connectivity index (χ3v) is 5.39. The number of piperidine rings is 1. The summed E-state index contributed by atoms with van der Waals surface area (Å²) in [6.07, 6.45) is 4.11. The van der Waals surface area contributed by atoms with E-state index in [0.717, 1.165) is 38.8 Å². The van der Waals surface area contributed by atoms with Gasteiger partial charge in [0.25, 0.3) is 0 Å². The summed E-state index contributed by atoms with van der Waals surface area (Å²) in [5.74, 6) is -0.112. The number of benzene rings is 1. The molecule has 0 bridgehead atoms. The number of hydrogen-bond donors (Lipinski definition) is 2. The summed E-state index contributed by atoms with van der Waals surface area (Å²) in [7, 11) is 1.49. The van der Waals surface area contributed by atoms with Crippen molar-refractivity contribution in [3.8, 4) is 0 Å². The fourth-order valence-electron chi connectivity index (χ4n) is 4.28. The second kappa shape index (κ2) is 6.01. The van der Waals surface area contributed by atoms with Gasteiger partial charge in [0, 0.05) is 6.04 Å². The first-order valence-electron chi connectivity index (χ1n) is 8.21. The summed E-state index contributed by atoms with van der Waals surface area (Å²) >= 11 is 0. The average Bonchev–Trinajstić information content (AvgIpc) is 2.54. The first-order valence-corrected chi connectivity index (χ1v) is 8.21. The van der Waals surface area contributed by atoms with Crippen molar-refractivity contribution in [2.75, 3.05) is 20.2 Å². The number of carbonyl (C=O) groups excluding carboxylic acids is 1. The van der Waals surface area contributed by atoms with Gasteiger partial charge in [0.15, 0.2) is 0 Å². The first kappa shape index (κ1) is 15.5. The third kappa shape index (κ3) is 2.77. The Morgan fingerprint density at radius 3 is 2.45 bits per heavy atom. The van der Waals surface area contributed by atoms with Crippen molar-refractivity contribution in [2.24, 2.45) is 5.41 Å². The zero-order valence-electron chi connectivity index (χ0n) is 13.5. The molecule has 2 N–H and O–H groups in total. The zero-order valence-corrected chi connectivity index (χ0v) is 13.5. The summed E-state index contributed by atoms with van der Waals surface area (Å²) < 4.78 is 5.11. The van der Waals surface area contributed by atoms with Crippen LogP contribution in [0.4, 0.5) is 0 Å². The van der Waals surface area contributed by atoms with Crippen LogP contribution in [0.1, 0.15) is 44.2 Å². The van der Waals surface area contributed by atoms with Gasteiger partial charge < -0.3 is 10.1 Å². The van der Waals surface area contributed by atoms with Gasteiger partial charge in [0.1, 0.15) is 5.54 Å². The molecule has 1 aromatic rings. The number of carbonyl (C=O) groups is 1. The Labute approximate surface area is 132 Å². The van der Waals surface area contributed by atoms with Crippen LogP contribution in [0.3, 0.4) is 0 Å². The Morgan fingerprint density at radius 1 is 1.23 bits per heavy atom. The molecule has 1 atom stereocenters. The number of hydrogen-bond acceptors (Lipinski definition) is 4. The standard InChI is InChI=1S/C18H26N2O2/c1-14(15-6-4-3-5-7-15)20-18(16(21)22-2)12-17(13-18)8-10-19-11-9-17/h3-7,14,19-20H,8-13H2,1-2H3/t14-/m0/s1. The van der Waals surface area contributed by atoms with Gasteiger partial charge in [0.05, 0.1) is 7.11 Å². The first-order chi connectivity index (χ1) is 10.6. The number of ether oxygens (including phenoxy) is 1. The molecule has 1 heterocycles. The van der Waals surface area contributed by atoms with Gasteiger partial charge >= 0.3 is 5.97 Å². The maximum absolute atomic E-state index is 12.4. The van der Waals surface area contributed by atoms with Crippen molar-refractivity contribution in [3.05, 3.63) is 35.9 Å². The van der Waals surface area contributed by atoms with Crippen molar-refractivity contribution in [2.45, 2.75) is 44.2 Å². The van der Waals surface area contributed by atoms with Crippen molar-refractivity contribution >= 4 is 5.97 Å². The van der Waals surface area contributed by atoms with E-state index in [0.29, 0.717) is 5.41 Å². The minimum absolute atomic E-state index is 0.112. The largest absolute Gasteiger partial charge is 0.468 e. The Bertz CT molecular complexity index is 515. The highest BCUT2D eigenvalue weighted by Gasteiger charge is 2.59. The predicted octanol–water partition coefficient (Wildman–Crippen LogP) is 2.41. The number of nitrogens with one attached hydrogen (secondary N) is 2. The highest BCUT2D eigenvalue weighted by atomic mass is 16.5. The van der Waals surface area contributed by atoms with Crippen LogP contribution in [-0.4, -0.2) is 31.7 Å². The molecule has 2 aliphatic rings. The van der Waals surface area contributed by atoms with Crippen LogP contribution < -0.4 is 10.6 Å². The number of esters is 1. The molecule has 0 radical (unpaired) electrons. The van der Waals surface area contributed by atoms with Gasteiger partial charge in [-0.2, -0.15) is 0 Å². The molecule has 1 aliphatic heterocycles. The smallest absolute Gasteiger partial charge is 0.326 e. The topological polar surface area (TPSA) is 50.4 Å². The summed E-state index contributed by atoms with van der Waals surface area (Å²) in [6, 6.07) is 10.4. The highest BCUT2D eigenvalue weighted by Crippen LogP contribution is 2.55. The van der Waals surface area contributed by atoms with Crippen LogP contribution in [0, 0.1) is 5.41 Å². The molecule has 3 rings (SSSR count). The molecule has 22 heavy (non-hydrogen) atoms. The second-order valence-electron chi connectivity index (χ2n) is 6.95. The van der Waals surface area contributed by atoms with Gasteiger partial charge in [-0.05, 0) is 56.7 Å². The van der Waals surface area contributed by atoms with E-state index in [9.17, 15) is 4.79 Å². The summed E-state index contributed by atoms with van der Waals surface area (Å²) in [6.45, 7) is 4.24. The van der Waals surface area contributed by atoms with Gasteiger partial charge in [-0.1, -0.05) is 30.3 Å². The van der Waals surface area contributed by atoms with Crippen LogP contribution in [0.2, 0.25) is 0 Å². The molecular weight excluding hydrogens is 276 g/mol. The lowest BCUT2D eigenvalue weighted by Gasteiger charge is -2.57. The lowest BCUT2D eigenvalue weighted by molar-refractivity contribution is -0.163. The highest BCUT2D eigenvalue weighted by molar-refractivity contribution is 5.82. The quantitative estimate of drug-likeness (QED) is 0.839. The fourth-order valence-corrected chi connectivity index (χ4v) is 4.28. The van der Waals surface area contributed by atoms with Crippen molar-refractivity contribution in [1.82, 2.24) is 10.6 Å². The maximum Gasteiger partial charge on any atom is 0.326 e. The SMILES string of the molecule is COC(=O)C1(N[C@@H](C)c2ccccc2)CC2(CCNCC2)C1. The van der Waals surface area contributed by atoms with Crippen molar-refractivity contribution < 1.29 is 9.53 Å². The predicted molar refractivity (Wildman–Crippen MR) is 86.5 cm³/mol. The minimum Gasteiger partial charge on any atom is -0.468 e. The number of methoxy groups -OCH3 is 1. The van der Waals surface area contributed by atoms with Crippen LogP contribution in [0.15, 0.2) is 30.3 Å². The number of rotatable bonds is 4.